The summed E-state index contributed by atoms with van der Waals surface area (Å²) in [5, 5.41) is 2.76. The minimum atomic E-state index is -0.0571. The monoisotopic (exact) mass is 227 g/mol. The van der Waals surface area contributed by atoms with Gasteiger partial charge in [-0.2, -0.15) is 0 Å². The highest BCUT2D eigenvalue weighted by Crippen LogP contribution is 2.11. The van der Waals surface area contributed by atoms with Gasteiger partial charge in [0.2, 0.25) is 5.91 Å². The van der Waals surface area contributed by atoms with E-state index >= 15 is 0 Å². The van der Waals surface area contributed by atoms with Gasteiger partial charge in [-0.1, -0.05) is 0 Å². The third-order valence-corrected chi connectivity index (χ3v) is 2.16. The number of nitrogens with one attached hydrogen (secondary N) is 1. The molecule has 0 bridgehead atoms. The van der Waals surface area contributed by atoms with Crippen LogP contribution in [-0.4, -0.2) is 16.8 Å². The maximum Gasteiger partial charge on any atom is 0.224 e. The van der Waals surface area contributed by atoms with Crippen LogP contribution >= 0.6 is 11.6 Å². The Bertz CT molecular complexity index is 330. The Kier molecular flexibility index (Phi) is 5.07. The molecule has 1 rings (SSSR count). The van der Waals surface area contributed by atoms with Crippen molar-refractivity contribution in [3.63, 3.8) is 0 Å². The lowest BCUT2D eigenvalue weighted by Crippen LogP contribution is -2.14. The van der Waals surface area contributed by atoms with Gasteiger partial charge in [-0.3, -0.25) is 9.78 Å². The summed E-state index contributed by atoms with van der Waals surface area (Å²) in [5.41, 5.74) is 6.86. The minimum absolute atomic E-state index is 0.0571. The molecule has 4 nitrogen and oxygen atoms in total. The SMILES string of the molecule is NCc1ncccc1NC(=O)CCCCl. The van der Waals surface area contributed by atoms with Crippen molar-refractivity contribution in [1.29, 1.82) is 0 Å². The Morgan fingerprint density at radius 2 is 2.40 bits per heavy atom. The molecule has 1 aromatic rings. The van der Waals surface area contributed by atoms with Crippen molar-refractivity contribution in [2.24, 2.45) is 5.73 Å². The number of anilines is 1. The third-order valence-electron chi connectivity index (χ3n) is 1.90. The van der Waals surface area contributed by atoms with E-state index in [1.165, 1.54) is 0 Å². The largest absolute Gasteiger partial charge is 0.325 e. The highest BCUT2D eigenvalue weighted by Gasteiger charge is 2.05. The number of nitrogens with two attached hydrogens (primary N) is 1. The minimum Gasteiger partial charge on any atom is -0.325 e. The van der Waals surface area contributed by atoms with Gasteiger partial charge >= 0.3 is 0 Å². The van der Waals surface area contributed by atoms with E-state index in [1.807, 2.05) is 0 Å². The number of alkyl halides is 1. The van der Waals surface area contributed by atoms with E-state index in [4.69, 9.17) is 17.3 Å². The molecule has 0 aliphatic heterocycles. The van der Waals surface area contributed by atoms with Gasteiger partial charge in [0.25, 0.3) is 0 Å². The van der Waals surface area contributed by atoms with Crippen LogP contribution in [-0.2, 0) is 11.3 Å². The number of hydrogen-bond acceptors (Lipinski definition) is 3. The lowest BCUT2D eigenvalue weighted by Gasteiger charge is -2.07. The Labute approximate surface area is 93.8 Å². The van der Waals surface area contributed by atoms with Crippen LogP contribution in [0.1, 0.15) is 18.5 Å². The van der Waals surface area contributed by atoms with Crippen LogP contribution in [0.15, 0.2) is 18.3 Å². The van der Waals surface area contributed by atoms with Crippen LogP contribution in [0, 0.1) is 0 Å². The molecule has 3 N–H and O–H groups in total. The quantitative estimate of drug-likeness (QED) is 0.749. The standard InChI is InChI=1S/C10H14ClN3O/c11-5-1-4-10(15)14-8-3-2-6-13-9(8)7-12/h2-3,6H,1,4-5,7,12H2,(H,14,15). The Morgan fingerprint density at radius 1 is 1.60 bits per heavy atom. The number of hydrogen-bond donors (Lipinski definition) is 2. The number of pyridine rings is 1. The first kappa shape index (κ1) is 11.9. The Hall–Kier alpha value is -1.13. The van der Waals surface area contributed by atoms with E-state index < -0.39 is 0 Å². The molecule has 0 aliphatic carbocycles. The van der Waals surface area contributed by atoms with Crippen molar-refractivity contribution in [3.05, 3.63) is 24.0 Å². The Balaban J connectivity index is 2.59. The van der Waals surface area contributed by atoms with E-state index in [1.54, 1.807) is 18.3 Å². The molecule has 1 amide bonds. The van der Waals surface area contributed by atoms with E-state index in [2.05, 4.69) is 10.3 Å². The summed E-state index contributed by atoms with van der Waals surface area (Å²) in [6.07, 6.45) is 2.74. The fourth-order valence-electron chi connectivity index (χ4n) is 1.15. The van der Waals surface area contributed by atoms with E-state index in [-0.39, 0.29) is 5.91 Å². The van der Waals surface area contributed by atoms with Gasteiger partial charge in [0.1, 0.15) is 0 Å². The first-order chi connectivity index (χ1) is 7.27. The van der Waals surface area contributed by atoms with Crippen molar-refractivity contribution in [2.45, 2.75) is 19.4 Å². The third kappa shape index (κ3) is 3.85. The second-order valence-corrected chi connectivity index (χ2v) is 3.42. The predicted molar refractivity (Wildman–Crippen MR) is 60.7 cm³/mol. The number of aromatic nitrogens is 1. The first-order valence-corrected chi connectivity index (χ1v) is 5.31. The van der Waals surface area contributed by atoms with Crippen molar-refractivity contribution in [3.8, 4) is 0 Å². The smallest absolute Gasteiger partial charge is 0.224 e. The van der Waals surface area contributed by atoms with Crippen LogP contribution in [0.25, 0.3) is 0 Å². The molecule has 1 aromatic heterocycles. The van der Waals surface area contributed by atoms with Gasteiger partial charge in [0.05, 0.1) is 11.4 Å². The van der Waals surface area contributed by atoms with E-state index in [0.29, 0.717) is 36.6 Å². The molecule has 15 heavy (non-hydrogen) atoms. The topological polar surface area (TPSA) is 68.0 Å². The average Bonchev–Trinajstić information content (AvgIpc) is 2.27. The fourth-order valence-corrected chi connectivity index (χ4v) is 1.29. The summed E-state index contributed by atoms with van der Waals surface area (Å²) in [6.45, 7) is 0.311. The fraction of sp³-hybridized carbons (Fsp3) is 0.400. The molecule has 82 valence electrons. The van der Waals surface area contributed by atoms with Crippen LogP contribution in [0.5, 0.6) is 0 Å². The number of nitrogens with zero attached hydrogens (tertiary/aromatic N) is 1. The second-order valence-electron chi connectivity index (χ2n) is 3.04. The highest BCUT2D eigenvalue weighted by atomic mass is 35.5. The molecule has 0 atom stereocenters. The Morgan fingerprint density at radius 3 is 3.07 bits per heavy atom. The highest BCUT2D eigenvalue weighted by molar-refractivity contribution is 6.18. The van der Waals surface area contributed by atoms with Gasteiger partial charge in [0, 0.05) is 25.0 Å². The number of carbonyl (C=O) groups is 1. The zero-order valence-electron chi connectivity index (χ0n) is 8.37. The van der Waals surface area contributed by atoms with E-state index in [9.17, 15) is 4.79 Å². The zero-order valence-corrected chi connectivity index (χ0v) is 9.13. The van der Waals surface area contributed by atoms with Crippen molar-refractivity contribution in [2.75, 3.05) is 11.2 Å². The summed E-state index contributed by atoms with van der Waals surface area (Å²) >= 11 is 5.49. The molecule has 0 fully saturated rings. The molecule has 0 saturated carbocycles. The first-order valence-electron chi connectivity index (χ1n) is 4.77. The maximum atomic E-state index is 11.4. The van der Waals surface area contributed by atoms with Gasteiger partial charge in [-0.15, -0.1) is 11.6 Å². The molecular weight excluding hydrogens is 214 g/mol. The number of amides is 1. The summed E-state index contributed by atoms with van der Waals surface area (Å²) in [4.78, 5) is 15.5. The summed E-state index contributed by atoms with van der Waals surface area (Å²) in [6, 6.07) is 3.55. The van der Waals surface area contributed by atoms with E-state index in [0.717, 1.165) is 0 Å². The molecule has 0 spiro atoms. The molecule has 0 saturated heterocycles. The lowest BCUT2D eigenvalue weighted by atomic mass is 10.2. The molecule has 1 heterocycles. The van der Waals surface area contributed by atoms with Gasteiger partial charge in [-0.25, -0.2) is 0 Å². The predicted octanol–water partition coefficient (Wildman–Crippen LogP) is 1.50. The molecular formula is C10H14ClN3O. The average molecular weight is 228 g/mol. The summed E-state index contributed by atoms with van der Waals surface area (Å²) < 4.78 is 0. The van der Waals surface area contributed by atoms with Crippen molar-refractivity contribution >= 4 is 23.2 Å². The van der Waals surface area contributed by atoms with Crippen LogP contribution in [0.3, 0.4) is 0 Å². The second kappa shape index (κ2) is 6.37. The van der Waals surface area contributed by atoms with Crippen molar-refractivity contribution in [1.82, 2.24) is 4.98 Å². The van der Waals surface area contributed by atoms with Crippen LogP contribution in [0.2, 0.25) is 0 Å². The number of halogens is 1. The molecule has 0 aromatic carbocycles. The van der Waals surface area contributed by atoms with Gasteiger partial charge < -0.3 is 11.1 Å². The molecule has 0 radical (unpaired) electrons. The molecule has 0 unspecified atom stereocenters. The maximum absolute atomic E-state index is 11.4. The van der Waals surface area contributed by atoms with Gasteiger partial charge in [-0.05, 0) is 18.6 Å². The zero-order chi connectivity index (χ0) is 11.1. The summed E-state index contributed by atoms with van der Waals surface area (Å²) in [5.74, 6) is 0.433. The number of rotatable bonds is 5. The normalized spacial score (nSPS) is 10.0. The van der Waals surface area contributed by atoms with Crippen molar-refractivity contribution < 1.29 is 4.79 Å². The molecule has 5 heteroatoms. The van der Waals surface area contributed by atoms with Crippen LogP contribution < -0.4 is 11.1 Å². The van der Waals surface area contributed by atoms with Gasteiger partial charge in [0.15, 0.2) is 0 Å². The lowest BCUT2D eigenvalue weighted by molar-refractivity contribution is -0.116. The summed E-state index contributed by atoms with van der Waals surface area (Å²) in [7, 11) is 0. The number of carbonyl (C=O) groups excluding carboxylic acids is 1. The van der Waals surface area contributed by atoms with Crippen LogP contribution in [0.4, 0.5) is 5.69 Å². The molecule has 0 aliphatic rings.